The average Bonchev–Trinajstić information content (AvgIpc) is 3.15. The Balaban J connectivity index is 0.00000147. The molecule has 1 aromatic heterocycles. The van der Waals surface area contributed by atoms with E-state index in [-0.39, 0.29) is 24.2 Å². The highest BCUT2D eigenvalue weighted by Crippen LogP contribution is 2.39. The number of aromatic nitrogens is 1. The van der Waals surface area contributed by atoms with Gasteiger partial charge in [-0.2, -0.15) is 5.26 Å². The number of nitriles is 1. The van der Waals surface area contributed by atoms with E-state index in [1.54, 1.807) is 12.1 Å². The van der Waals surface area contributed by atoms with Crippen LogP contribution in [0, 0.1) is 11.3 Å². The van der Waals surface area contributed by atoms with Gasteiger partial charge in [-0.1, -0.05) is 6.07 Å². The van der Waals surface area contributed by atoms with Crippen LogP contribution in [0.25, 0.3) is 11.3 Å². The molecular formula is C15H14ClN3O. The van der Waals surface area contributed by atoms with Crippen LogP contribution in [0.3, 0.4) is 0 Å². The highest BCUT2D eigenvalue weighted by Gasteiger charge is 2.34. The number of halogens is 1. The summed E-state index contributed by atoms with van der Waals surface area (Å²) in [5, 5.41) is 18.5. The summed E-state index contributed by atoms with van der Waals surface area (Å²) in [6.07, 6.45) is 2.84. The Bertz CT molecular complexity index is 664. The Morgan fingerprint density at radius 1 is 1.30 bits per heavy atom. The van der Waals surface area contributed by atoms with Crippen LogP contribution in [0.4, 0.5) is 0 Å². The van der Waals surface area contributed by atoms with E-state index < -0.39 is 0 Å². The van der Waals surface area contributed by atoms with E-state index in [9.17, 15) is 5.11 Å². The van der Waals surface area contributed by atoms with Gasteiger partial charge in [0, 0.05) is 23.7 Å². The Kier molecular flexibility index (Phi) is 3.93. The van der Waals surface area contributed by atoms with Crippen molar-refractivity contribution in [3.05, 3.63) is 47.7 Å². The summed E-state index contributed by atoms with van der Waals surface area (Å²) >= 11 is 0. The lowest BCUT2D eigenvalue weighted by Crippen LogP contribution is -2.01. The lowest BCUT2D eigenvalue weighted by atomic mass is 10.1. The van der Waals surface area contributed by atoms with Crippen LogP contribution in [0.15, 0.2) is 36.5 Å². The van der Waals surface area contributed by atoms with E-state index in [0.717, 1.165) is 23.2 Å². The van der Waals surface area contributed by atoms with Crippen molar-refractivity contribution in [2.45, 2.75) is 18.4 Å². The van der Waals surface area contributed by atoms with Crippen molar-refractivity contribution in [1.82, 2.24) is 4.98 Å². The zero-order chi connectivity index (χ0) is 13.4. The largest absolute Gasteiger partial charge is 0.508 e. The van der Waals surface area contributed by atoms with Gasteiger partial charge in [0.2, 0.25) is 0 Å². The predicted molar refractivity (Wildman–Crippen MR) is 78.6 cm³/mol. The Morgan fingerprint density at radius 3 is 2.60 bits per heavy atom. The van der Waals surface area contributed by atoms with Crippen molar-refractivity contribution in [3.8, 4) is 23.1 Å². The molecule has 5 heteroatoms. The van der Waals surface area contributed by atoms with E-state index in [4.69, 9.17) is 11.0 Å². The number of phenolic OH excluding ortho intramolecular Hbond substituents is 1. The fraction of sp³-hybridized carbons (Fsp3) is 0.200. The number of hydrogen-bond acceptors (Lipinski definition) is 4. The minimum Gasteiger partial charge on any atom is -0.508 e. The molecule has 0 amide bonds. The van der Waals surface area contributed by atoms with E-state index in [0.29, 0.717) is 11.5 Å². The first-order valence-electron chi connectivity index (χ1n) is 6.13. The van der Waals surface area contributed by atoms with Crippen LogP contribution >= 0.6 is 12.4 Å². The number of pyridine rings is 1. The zero-order valence-corrected chi connectivity index (χ0v) is 11.5. The van der Waals surface area contributed by atoms with Crippen molar-refractivity contribution < 1.29 is 5.11 Å². The molecule has 2 aromatic rings. The molecule has 0 bridgehead atoms. The second kappa shape index (κ2) is 5.49. The topological polar surface area (TPSA) is 82.9 Å². The molecule has 1 heterocycles. The normalized spacial score (nSPS) is 19.8. The number of aromatic hydroxyl groups is 1. The minimum atomic E-state index is 0. The number of nitrogens with two attached hydrogens (primary N) is 1. The molecule has 0 aliphatic heterocycles. The molecule has 4 nitrogen and oxygen atoms in total. The number of benzene rings is 1. The van der Waals surface area contributed by atoms with Gasteiger partial charge >= 0.3 is 0 Å². The third-order valence-corrected chi connectivity index (χ3v) is 3.40. The van der Waals surface area contributed by atoms with Crippen LogP contribution in [-0.4, -0.2) is 16.1 Å². The van der Waals surface area contributed by atoms with Crippen molar-refractivity contribution in [3.63, 3.8) is 0 Å². The molecule has 1 aliphatic carbocycles. The lowest BCUT2D eigenvalue weighted by molar-refractivity contribution is 0.475. The second-order valence-electron chi connectivity index (χ2n) is 4.86. The molecule has 1 aliphatic rings. The zero-order valence-electron chi connectivity index (χ0n) is 10.7. The fourth-order valence-corrected chi connectivity index (χ4v) is 2.22. The van der Waals surface area contributed by atoms with Gasteiger partial charge in [0.05, 0.1) is 17.3 Å². The summed E-state index contributed by atoms with van der Waals surface area (Å²) in [6.45, 7) is 0. The summed E-state index contributed by atoms with van der Waals surface area (Å²) in [5.41, 5.74) is 8.86. The molecule has 2 atom stereocenters. The molecule has 20 heavy (non-hydrogen) atoms. The number of phenols is 1. The summed E-state index contributed by atoms with van der Waals surface area (Å²) in [6, 6.07) is 10.9. The van der Waals surface area contributed by atoms with Gasteiger partial charge in [0.25, 0.3) is 0 Å². The first kappa shape index (κ1) is 14.3. The molecule has 0 spiro atoms. The molecule has 0 radical (unpaired) electrons. The molecule has 3 N–H and O–H groups in total. The Labute approximate surface area is 123 Å². The van der Waals surface area contributed by atoms with E-state index in [2.05, 4.69) is 4.98 Å². The maximum atomic E-state index is 9.58. The number of hydrogen-bond donors (Lipinski definition) is 2. The van der Waals surface area contributed by atoms with Gasteiger partial charge in [-0.05, 0) is 36.2 Å². The molecule has 1 fully saturated rings. The van der Waals surface area contributed by atoms with Gasteiger partial charge < -0.3 is 10.8 Å². The smallest absolute Gasteiger partial charge is 0.117 e. The number of nitrogens with zero attached hydrogens (tertiary/aromatic N) is 2. The monoisotopic (exact) mass is 287 g/mol. The molecule has 0 unspecified atom stereocenters. The molecule has 1 saturated carbocycles. The average molecular weight is 288 g/mol. The Morgan fingerprint density at radius 2 is 2.05 bits per heavy atom. The van der Waals surface area contributed by atoms with Crippen LogP contribution in [0.1, 0.15) is 23.5 Å². The second-order valence-corrected chi connectivity index (χ2v) is 4.86. The molecular weight excluding hydrogens is 274 g/mol. The first-order chi connectivity index (χ1) is 9.17. The van der Waals surface area contributed by atoms with Gasteiger partial charge in [0.1, 0.15) is 5.75 Å². The molecule has 102 valence electrons. The van der Waals surface area contributed by atoms with Crippen LogP contribution in [0.2, 0.25) is 0 Å². The van der Waals surface area contributed by atoms with Gasteiger partial charge in [-0.3, -0.25) is 4.98 Å². The molecule has 1 aromatic carbocycles. The van der Waals surface area contributed by atoms with Crippen LogP contribution < -0.4 is 5.73 Å². The minimum absolute atomic E-state index is 0. The maximum Gasteiger partial charge on any atom is 0.117 e. The Hall–Kier alpha value is -2.09. The highest BCUT2D eigenvalue weighted by atomic mass is 35.5. The quantitative estimate of drug-likeness (QED) is 0.889. The van der Waals surface area contributed by atoms with Gasteiger partial charge in [0.15, 0.2) is 0 Å². The highest BCUT2D eigenvalue weighted by molar-refractivity contribution is 5.85. The lowest BCUT2D eigenvalue weighted by Gasteiger charge is -2.04. The van der Waals surface area contributed by atoms with Crippen molar-refractivity contribution >= 4 is 12.4 Å². The van der Waals surface area contributed by atoms with Crippen molar-refractivity contribution in [1.29, 1.82) is 5.26 Å². The third kappa shape index (κ3) is 2.74. The summed E-state index contributed by atoms with van der Waals surface area (Å²) < 4.78 is 0. The third-order valence-electron chi connectivity index (χ3n) is 3.40. The summed E-state index contributed by atoms with van der Waals surface area (Å²) in [5.74, 6) is 0.504. The standard InChI is InChI=1S/C15H13N3O.ClH/c16-7-9-3-11(5-12(19)4-9)15-2-1-10(8-18-15)13-6-14(13)17;/h1-5,8,13-14,19H,6,17H2;1H/t13-,14+;/m0./s1. The SMILES string of the molecule is Cl.N#Cc1cc(O)cc(-c2ccc([C@@H]3C[C@H]3N)cn2)c1. The number of rotatable bonds is 2. The van der Waals surface area contributed by atoms with Gasteiger partial charge in [-0.15, -0.1) is 12.4 Å². The molecule has 0 saturated heterocycles. The predicted octanol–water partition coefficient (Wildman–Crippen LogP) is 2.56. The van der Waals surface area contributed by atoms with Gasteiger partial charge in [-0.25, -0.2) is 0 Å². The van der Waals surface area contributed by atoms with Crippen LogP contribution in [0.5, 0.6) is 5.75 Å². The summed E-state index contributed by atoms with van der Waals surface area (Å²) in [4.78, 5) is 4.39. The van der Waals surface area contributed by atoms with Crippen molar-refractivity contribution in [2.75, 3.05) is 0 Å². The fourth-order valence-electron chi connectivity index (χ4n) is 2.22. The summed E-state index contributed by atoms with van der Waals surface area (Å²) in [7, 11) is 0. The van der Waals surface area contributed by atoms with E-state index in [1.807, 2.05) is 24.4 Å². The maximum absolute atomic E-state index is 9.58. The van der Waals surface area contributed by atoms with Crippen LogP contribution in [-0.2, 0) is 0 Å². The van der Waals surface area contributed by atoms with E-state index in [1.165, 1.54) is 6.07 Å². The molecule has 3 rings (SSSR count). The van der Waals surface area contributed by atoms with Crippen molar-refractivity contribution in [2.24, 2.45) is 5.73 Å². The van der Waals surface area contributed by atoms with E-state index >= 15 is 0 Å². The first-order valence-corrected chi connectivity index (χ1v) is 6.13.